The topological polar surface area (TPSA) is 140 Å². The van der Waals surface area contributed by atoms with Crippen molar-refractivity contribution in [2.24, 2.45) is 0 Å². The van der Waals surface area contributed by atoms with Gasteiger partial charge in [0.25, 0.3) is 0 Å². The van der Waals surface area contributed by atoms with Crippen LogP contribution in [0.1, 0.15) is 174 Å². The van der Waals surface area contributed by atoms with E-state index < -0.39 is 38.6 Å². The number of phosphoric ester groups is 1. The minimum atomic E-state index is -4.79. The number of ether oxygens (including phenoxy) is 2. The highest BCUT2D eigenvalue weighted by Gasteiger charge is 2.22. The van der Waals surface area contributed by atoms with Crippen molar-refractivity contribution in [3.63, 3.8) is 0 Å². The summed E-state index contributed by atoms with van der Waals surface area (Å²) in [7, 11) is -4.79. The maximum atomic E-state index is 12.4. The third-order valence-electron chi connectivity index (χ3n) is 8.83. The Morgan fingerprint density at radius 2 is 1.09 bits per heavy atom. The Kier molecular flexibility index (Phi) is 37.8. The zero-order valence-electron chi connectivity index (χ0n) is 34.4. The molecule has 0 aliphatic rings. The highest BCUT2D eigenvalue weighted by atomic mass is 31.2. The summed E-state index contributed by atoms with van der Waals surface area (Å²) in [6, 6.07) is 0. The first-order valence-corrected chi connectivity index (χ1v) is 22.9. The van der Waals surface area contributed by atoms with E-state index in [1.165, 1.54) is 83.5 Å². The van der Waals surface area contributed by atoms with E-state index >= 15 is 0 Å². The van der Waals surface area contributed by atoms with Gasteiger partial charge in [-0.2, -0.15) is 0 Å². The van der Waals surface area contributed by atoms with Gasteiger partial charge in [-0.05, 0) is 44.9 Å². The highest BCUT2D eigenvalue weighted by Crippen LogP contribution is 2.36. The lowest BCUT2D eigenvalue weighted by molar-refractivity contribution is -0.161. The molecule has 0 spiro atoms. The second-order valence-corrected chi connectivity index (χ2v) is 15.4. The molecule has 10 heteroatoms. The van der Waals surface area contributed by atoms with Crippen molar-refractivity contribution in [3.05, 3.63) is 72.9 Å². The van der Waals surface area contributed by atoms with E-state index in [1.54, 1.807) is 6.08 Å². The molecular weight excluding hydrogens is 715 g/mol. The number of allylic oxidation sites excluding steroid dienone is 10. The smallest absolute Gasteiger partial charge is 0.462 e. The summed E-state index contributed by atoms with van der Waals surface area (Å²) in [4.78, 5) is 42.8. The number of carbonyl (C=O) groups excluding carboxylic acids is 2. The fraction of sp³-hybridized carbons (Fsp3) is 0.689. The van der Waals surface area contributed by atoms with Gasteiger partial charge in [0.05, 0.1) is 12.7 Å². The molecule has 0 aliphatic carbocycles. The van der Waals surface area contributed by atoms with Gasteiger partial charge in [0, 0.05) is 12.8 Å². The van der Waals surface area contributed by atoms with Crippen LogP contribution < -0.4 is 0 Å². The second-order valence-electron chi connectivity index (χ2n) is 14.1. The van der Waals surface area contributed by atoms with Gasteiger partial charge in [-0.1, -0.05) is 189 Å². The molecule has 0 bridgehead atoms. The Bertz CT molecular complexity index is 1140. The lowest BCUT2D eigenvalue weighted by atomic mass is 10.0. The number of hydrogen-bond acceptors (Lipinski definition) is 7. The van der Waals surface area contributed by atoms with Crippen LogP contribution in [0.4, 0.5) is 0 Å². The summed E-state index contributed by atoms with van der Waals surface area (Å²) in [5.74, 6) is -1.01. The van der Waals surface area contributed by atoms with Gasteiger partial charge in [0.1, 0.15) is 6.61 Å². The number of hydrogen-bond donors (Lipinski definition) is 3. The second kappa shape index (κ2) is 39.7. The van der Waals surface area contributed by atoms with Crippen LogP contribution in [0.3, 0.4) is 0 Å². The standard InChI is InChI=1S/C45H77O9P/c1-3-5-7-9-11-12-13-14-15-16-17-18-19-23-26-30-34-38-44(47)52-40-43(41-53-55(49,50)51)54-45(48)39-35-31-27-24-21-20-22-25-29-33-37-42(46)36-32-28-10-8-6-4-2/h6,8,20-21,25,27-29,31-33,37,42-43,46H,3-5,7,9-19,22-24,26,30,34-36,38-41H2,1-2H3,(H2,49,50,51)/b8-6-,21-20-,29-25-,31-27-,32-28-,37-33+/t42?,43-/m1/s1. The summed E-state index contributed by atoms with van der Waals surface area (Å²) >= 11 is 0. The number of aliphatic hydroxyl groups is 1. The van der Waals surface area contributed by atoms with Gasteiger partial charge in [0.15, 0.2) is 6.10 Å². The van der Waals surface area contributed by atoms with E-state index in [4.69, 9.17) is 19.3 Å². The summed E-state index contributed by atoms with van der Waals surface area (Å²) in [6.07, 6.45) is 48.1. The van der Waals surface area contributed by atoms with Crippen LogP contribution in [0.25, 0.3) is 0 Å². The summed E-state index contributed by atoms with van der Waals surface area (Å²) in [5, 5.41) is 9.97. The Morgan fingerprint density at radius 1 is 0.582 bits per heavy atom. The van der Waals surface area contributed by atoms with Crippen LogP contribution in [0.5, 0.6) is 0 Å². The molecule has 9 nitrogen and oxygen atoms in total. The molecule has 3 N–H and O–H groups in total. The van der Waals surface area contributed by atoms with Gasteiger partial charge in [-0.3, -0.25) is 14.1 Å². The minimum absolute atomic E-state index is 0.0620. The van der Waals surface area contributed by atoms with E-state index in [1.807, 2.05) is 48.6 Å². The molecule has 55 heavy (non-hydrogen) atoms. The molecule has 2 atom stereocenters. The predicted octanol–water partition coefficient (Wildman–Crippen LogP) is 12.0. The van der Waals surface area contributed by atoms with Gasteiger partial charge in [-0.25, -0.2) is 4.57 Å². The van der Waals surface area contributed by atoms with E-state index in [2.05, 4.69) is 36.6 Å². The summed E-state index contributed by atoms with van der Waals surface area (Å²) in [5.41, 5.74) is 0. The molecule has 0 aliphatic heterocycles. The first kappa shape index (κ1) is 52.5. The number of rotatable bonds is 38. The lowest BCUT2D eigenvalue weighted by Gasteiger charge is -2.18. The van der Waals surface area contributed by atoms with Crippen LogP contribution in [-0.2, 0) is 28.2 Å². The molecule has 0 rings (SSSR count). The zero-order valence-corrected chi connectivity index (χ0v) is 35.3. The molecule has 0 aromatic rings. The summed E-state index contributed by atoms with van der Waals surface area (Å²) in [6.45, 7) is 3.45. The largest absolute Gasteiger partial charge is 0.469 e. The predicted molar refractivity (Wildman–Crippen MR) is 226 cm³/mol. The minimum Gasteiger partial charge on any atom is -0.462 e. The van der Waals surface area contributed by atoms with Crippen molar-refractivity contribution in [1.29, 1.82) is 0 Å². The van der Waals surface area contributed by atoms with E-state index in [9.17, 15) is 19.3 Å². The van der Waals surface area contributed by atoms with Crippen molar-refractivity contribution < 1.29 is 43.0 Å². The number of unbranched alkanes of at least 4 members (excludes halogenated alkanes) is 16. The number of phosphoric acid groups is 1. The molecule has 0 aromatic heterocycles. The Morgan fingerprint density at radius 3 is 1.65 bits per heavy atom. The van der Waals surface area contributed by atoms with Crippen molar-refractivity contribution >= 4 is 19.8 Å². The van der Waals surface area contributed by atoms with Crippen LogP contribution >= 0.6 is 7.82 Å². The molecule has 0 saturated heterocycles. The number of carbonyl (C=O) groups is 2. The van der Waals surface area contributed by atoms with E-state index in [0.29, 0.717) is 25.7 Å². The average Bonchev–Trinajstić information content (AvgIpc) is 3.15. The van der Waals surface area contributed by atoms with Gasteiger partial charge >= 0.3 is 19.8 Å². The highest BCUT2D eigenvalue weighted by molar-refractivity contribution is 7.46. The van der Waals surface area contributed by atoms with Crippen molar-refractivity contribution in [2.75, 3.05) is 13.2 Å². The Labute approximate surface area is 334 Å². The molecular formula is C45H77O9P. The molecule has 1 unspecified atom stereocenters. The third kappa shape index (κ3) is 42.4. The molecule has 0 heterocycles. The maximum Gasteiger partial charge on any atom is 0.469 e. The zero-order chi connectivity index (χ0) is 40.5. The van der Waals surface area contributed by atoms with Crippen LogP contribution in [0, 0.1) is 0 Å². The number of aliphatic hydroxyl groups excluding tert-OH is 1. The maximum absolute atomic E-state index is 12.4. The normalized spacial score (nSPS) is 13.8. The first-order chi connectivity index (χ1) is 26.7. The van der Waals surface area contributed by atoms with Gasteiger partial charge in [0.2, 0.25) is 0 Å². The molecule has 0 saturated carbocycles. The van der Waals surface area contributed by atoms with Crippen molar-refractivity contribution in [3.8, 4) is 0 Å². The SMILES string of the molecule is CC/C=C\C/C=C\CC(O)/C=C/C=C\C/C=C\C/C=C\CCC(=O)O[C@H](COC(=O)CCCCCCCCCCCCCCCCCCC)COP(=O)(O)O. The van der Waals surface area contributed by atoms with Crippen molar-refractivity contribution in [2.45, 2.75) is 187 Å². The van der Waals surface area contributed by atoms with Crippen LogP contribution in [0.2, 0.25) is 0 Å². The Hall–Kier alpha value is -2.55. The number of esters is 2. The fourth-order valence-corrected chi connectivity index (χ4v) is 6.02. The average molecular weight is 793 g/mol. The third-order valence-corrected chi connectivity index (χ3v) is 9.32. The molecule has 0 radical (unpaired) electrons. The van der Waals surface area contributed by atoms with Gasteiger partial charge < -0.3 is 24.4 Å². The first-order valence-electron chi connectivity index (χ1n) is 21.3. The molecule has 0 fully saturated rings. The van der Waals surface area contributed by atoms with Crippen LogP contribution in [0.15, 0.2) is 72.9 Å². The van der Waals surface area contributed by atoms with Gasteiger partial charge in [-0.15, -0.1) is 0 Å². The monoisotopic (exact) mass is 793 g/mol. The molecule has 316 valence electrons. The molecule has 0 aromatic carbocycles. The quantitative estimate of drug-likeness (QED) is 0.0183. The van der Waals surface area contributed by atoms with E-state index in [-0.39, 0.29) is 19.4 Å². The summed E-state index contributed by atoms with van der Waals surface area (Å²) < 4.78 is 26.3. The fourth-order valence-electron chi connectivity index (χ4n) is 5.66. The van der Waals surface area contributed by atoms with Crippen molar-refractivity contribution in [1.82, 2.24) is 0 Å². The molecule has 0 amide bonds. The Balaban J connectivity index is 4.10. The van der Waals surface area contributed by atoms with Crippen LogP contribution in [-0.4, -0.2) is 52.3 Å². The van der Waals surface area contributed by atoms with E-state index in [0.717, 1.165) is 38.5 Å². The lowest BCUT2D eigenvalue weighted by Crippen LogP contribution is -2.29.